The van der Waals surface area contributed by atoms with Crippen LogP contribution in [0.5, 0.6) is 0 Å². The number of hydrogen-bond donors (Lipinski definition) is 0. The third-order valence-corrected chi connectivity index (χ3v) is 1.89. The summed E-state index contributed by atoms with van der Waals surface area (Å²) in [6, 6.07) is 0. The van der Waals surface area contributed by atoms with E-state index in [1.165, 1.54) is 0 Å². The second-order valence-corrected chi connectivity index (χ2v) is 3.18. The van der Waals surface area contributed by atoms with Gasteiger partial charge >= 0.3 is 0 Å². The van der Waals surface area contributed by atoms with Gasteiger partial charge in [0.1, 0.15) is 12.5 Å². The molecule has 1 rings (SSSR count). The molecule has 0 aliphatic carbocycles. The van der Waals surface area contributed by atoms with Gasteiger partial charge in [0.15, 0.2) is 4.90 Å². The maximum atomic E-state index is 10.7. The van der Waals surface area contributed by atoms with Crippen molar-refractivity contribution in [2.24, 2.45) is 7.05 Å². The van der Waals surface area contributed by atoms with Gasteiger partial charge in [0.2, 0.25) is 0 Å². The Bertz CT molecular complexity index is 197. The zero-order valence-corrected chi connectivity index (χ0v) is 6.18. The lowest BCUT2D eigenvalue weighted by molar-refractivity contribution is 0.600. The summed E-state index contributed by atoms with van der Waals surface area (Å²) in [6.45, 7) is 0. The van der Waals surface area contributed by atoms with Gasteiger partial charge in [-0.3, -0.25) is 4.68 Å². The van der Waals surface area contributed by atoms with Crippen LogP contribution < -0.4 is 0 Å². The van der Waals surface area contributed by atoms with E-state index in [4.69, 9.17) is 0 Å². The smallest absolute Gasteiger partial charge is 0.190 e. The highest BCUT2D eigenvalue weighted by atomic mass is 32.2. The van der Waals surface area contributed by atoms with Crippen molar-refractivity contribution in [2.45, 2.75) is 4.90 Å². The Hall–Kier alpha value is -0.480. The number of aryl methyl sites for hydroxylation is 1. The van der Waals surface area contributed by atoms with E-state index in [-0.39, 0.29) is 0 Å². The average Bonchev–Trinajstić information content (AvgIpc) is 2.14. The van der Waals surface area contributed by atoms with Crippen molar-refractivity contribution in [3.63, 3.8) is 0 Å². The molecule has 1 aromatic heterocycles. The minimum absolute atomic E-state index is 0.775. The van der Waals surface area contributed by atoms with Gasteiger partial charge in [0, 0.05) is 7.05 Å². The lowest BCUT2D eigenvalue weighted by atomic mass is 10.7. The summed E-state index contributed by atoms with van der Waals surface area (Å²) in [7, 11) is 1.80. The largest absolute Gasteiger partial charge is 0.612 e. The normalized spacial score (nSPS) is 13.7. The molecule has 0 fully saturated rings. The summed E-state index contributed by atoms with van der Waals surface area (Å²) in [6.07, 6.45) is 4.99. The van der Waals surface area contributed by atoms with Crippen LogP contribution in [-0.2, 0) is 18.2 Å². The summed E-state index contributed by atoms with van der Waals surface area (Å²) in [4.78, 5) is 0.775. The first-order chi connectivity index (χ1) is 4.20. The highest BCUT2D eigenvalue weighted by Crippen LogP contribution is 2.04. The van der Waals surface area contributed by atoms with Crippen LogP contribution in [0, 0.1) is 0 Å². The SMILES string of the molecule is Cn1cc([S+](C)[O-])cn1. The molecule has 0 aliphatic heterocycles. The fourth-order valence-corrected chi connectivity index (χ4v) is 1.04. The molecule has 0 aromatic carbocycles. The molecule has 1 aromatic rings. The highest BCUT2D eigenvalue weighted by molar-refractivity contribution is 7.90. The van der Waals surface area contributed by atoms with Crippen LogP contribution in [0.15, 0.2) is 17.3 Å². The molecular weight excluding hydrogens is 136 g/mol. The number of rotatable bonds is 1. The maximum absolute atomic E-state index is 10.7. The van der Waals surface area contributed by atoms with E-state index in [1.807, 2.05) is 0 Å². The summed E-state index contributed by atoms with van der Waals surface area (Å²) in [5, 5.41) is 3.86. The van der Waals surface area contributed by atoms with Crippen LogP contribution in [-0.4, -0.2) is 20.6 Å². The van der Waals surface area contributed by atoms with Crippen molar-refractivity contribution in [1.82, 2.24) is 9.78 Å². The molecule has 0 radical (unpaired) electrons. The van der Waals surface area contributed by atoms with Crippen molar-refractivity contribution in [3.05, 3.63) is 12.4 Å². The second kappa shape index (κ2) is 2.41. The van der Waals surface area contributed by atoms with E-state index in [1.54, 1.807) is 30.4 Å². The quantitative estimate of drug-likeness (QED) is 0.527. The van der Waals surface area contributed by atoms with E-state index in [9.17, 15) is 4.55 Å². The van der Waals surface area contributed by atoms with E-state index >= 15 is 0 Å². The van der Waals surface area contributed by atoms with Crippen LogP contribution in [0.2, 0.25) is 0 Å². The van der Waals surface area contributed by atoms with Gasteiger partial charge in [0.25, 0.3) is 0 Å². The third-order valence-electron chi connectivity index (χ3n) is 1.01. The van der Waals surface area contributed by atoms with Crippen LogP contribution in [0.4, 0.5) is 0 Å². The van der Waals surface area contributed by atoms with Gasteiger partial charge in [-0.2, -0.15) is 5.10 Å². The molecule has 0 amide bonds. The molecular formula is C5H8N2OS. The van der Waals surface area contributed by atoms with E-state index in [0.29, 0.717) is 0 Å². The zero-order chi connectivity index (χ0) is 6.85. The summed E-state index contributed by atoms with van der Waals surface area (Å²) < 4.78 is 12.4. The molecule has 0 N–H and O–H groups in total. The fourth-order valence-electron chi connectivity index (χ4n) is 0.547. The molecule has 1 atom stereocenters. The highest BCUT2D eigenvalue weighted by Gasteiger charge is 2.04. The Labute approximate surface area is 56.9 Å². The van der Waals surface area contributed by atoms with Gasteiger partial charge < -0.3 is 4.55 Å². The number of hydrogen-bond acceptors (Lipinski definition) is 2. The second-order valence-electron chi connectivity index (χ2n) is 1.80. The van der Waals surface area contributed by atoms with Crippen LogP contribution in [0.25, 0.3) is 0 Å². The summed E-state index contributed by atoms with van der Waals surface area (Å²) in [5.74, 6) is 0. The molecule has 4 heteroatoms. The first kappa shape index (κ1) is 6.64. The molecule has 0 spiro atoms. The van der Waals surface area contributed by atoms with Gasteiger partial charge in [-0.25, -0.2) is 0 Å². The molecule has 0 saturated carbocycles. The topological polar surface area (TPSA) is 40.9 Å². The minimum Gasteiger partial charge on any atom is -0.612 e. The molecule has 0 aliphatic rings. The molecule has 1 heterocycles. The zero-order valence-electron chi connectivity index (χ0n) is 5.37. The van der Waals surface area contributed by atoms with Crippen LogP contribution in [0.3, 0.4) is 0 Å². The van der Waals surface area contributed by atoms with Crippen molar-refractivity contribution >= 4 is 11.2 Å². The Morgan fingerprint density at radius 2 is 2.44 bits per heavy atom. The third kappa shape index (κ3) is 1.46. The molecule has 3 nitrogen and oxygen atoms in total. The molecule has 1 unspecified atom stereocenters. The Kier molecular flexibility index (Phi) is 1.78. The lowest BCUT2D eigenvalue weighted by Crippen LogP contribution is -1.94. The Morgan fingerprint density at radius 1 is 1.78 bits per heavy atom. The Balaban J connectivity index is 2.85. The van der Waals surface area contributed by atoms with Gasteiger partial charge in [-0.15, -0.1) is 0 Å². The Morgan fingerprint density at radius 3 is 2.67 bits per heavy atom. The predicted octanol–water partition coefficient (Wildman–Crippen LogP) is 0.157. The van der Waals surface area contributed by atoms with Crippen molar-refractivity contribution < 1.29 is 4.55 Å². The average molecular weight is 144 g/mol. The van der Waals surface area contributed by atoms with Gasteiger partial charge in [-0.05, 0) is 11.2 Å². The van der Waals surface area contributed by atoms with E-state index in [0.717, 1.165) is 4.90 Å². The van der Waals surface area contributed by atoms with Crippen molar-refractivity contribution in [3.8, 4) is 0 Å². The van der Waals surface area contributed by atoms with Gasteiger partial charge in [-0.1, -0.05) is 0 Å². The van der Waals surface area contributed by atoms with Crippen LogP contribution in [0.1, 0.15) is 0 Å². The summed E-state index contributed by atoms with van der Waals surface area (Å²) >= 11 is -0.891. The number of nitrogens with zero attached hydrogens (tertiary/aromatic N) is 2. The monoisotopic (exact) mass is 144 g/mol. The standard InChI is InChI=1S/C5H8N2OS/c1-7-4-5(3-6-7)9(2)8/h3-4H,1-2H3. The molecule has 0 bridgehead atoms. The van der Waals surface area contributed by atoms with Gasteiger partial charge in [0.05, 0.1) is 6.20 Å². The summed E-state index contributed by atoms with van der Waals surface area (Å²) in [5.41, 5.74) is 0. The maximum Gasteiger partial charge on any atom is 0.190 e. The molecule has 0 saturated heterocycles. The predicted molar refractivity (Wildman–Crippen MR) is 35.5 cm³/mol. The molecule has 50 valence electrons. The first-order valence-electron chi connectivity index (χ1n) is 2.52. The molecule has 9 heavy (non-hydrogen) atoms. The van der Waals surface area contributed by atoms with Crippen LogP contribution >= 0.6 is 0 Å². The lowest BCUT2D eigenvalue weighted by Gasteiger charge is -1.96. The van der Waals surface area contributed by atoms with E-state index in [2.05, 4.69) is 5.10 Å². The number of aromatic nitrogens is 2. The first-order valence-corrected chi connectivity index (χ1v) is 4.08. The minimum atomic E-state index is -0.891. The van der Waals surface area contributed by atoms with Crippen molar-refractivity contribution in [2.75, 3.05) is 6.26 Å². The van der Waals surface area contributed by atoms with E-state index < -0.39 is 11.2 Å². The van der Waals surface area contributed by atoms with Crippen molar-refractivity contribution in [1.29, 1.82) is 0 Å². The fraction of sp³-hybridized carbons (Fsp3) is 0.400.